The van der Waals surface area contributed by atoms with Gasteiger partial charge in [-0.05, 0) is 42.5 Å². The molecule has 5 nitrogen and oxygen atoms in total. The zero-order valence-corrected chi connectivity index (χ0v) is 14.8. The Bertz CT molecular complexity index is 846. The van der Waals surface area contributed by atoms with Crippen LogP contribution < -0.4 is 0 Å². The number of fused-ring (bicyclic) bond motifs is 1. The molecule has 1 unspecified atom stereocenters. The lowest BCUT2D eigenvalue weighted by molar-refractivity contribution is 0.128. The molecule has 2 aromatic carbocycles. The first-order valence-electron chi connectivity index (χ1n) is 9.24. The van der Waals surface area contributed by atoms with Crippen LogP contribution in [0.25, 0.3) is 5.69 Å². The molecule has 0 saturated heterocycles. The van der Waals surface area contributed by atoms with Crippen molar-refractivity contribution < 1.29 is 5.11 Å². The van der Waals surface area contributed by atoms with Gasteiger partial charge in [0.05, 0.1) is 18.8 Å². The van der Waals surface area contributed by atoms with Gasteiger partial charge in [-0.3, -0.25) is 4.90 Å². The summed E-state index contributed by atoms with van der Waals surface area (Å²) < 4.78 is 1.81. The van der Waals surface area contributed by atoms with E-state index in [-0.39, 0.29) is 6.61 Å². The molecule has 1 aromatic heterocycles. The fourth-order valence-corrected chi connectivity index (χ4v) is 3.84. The number of aromatic nitrogens is 3. The van der Waals surface area contributed by atoms with Gasteiger partial charge in [0.15, 0.2) is 5.82 Å². The summed E-state index contributed by atoms with van der Waals surface area (Å²) in [4.78, 5) is 6.80. The Labute approximate surface area is 153 Å². The summed E-state index contributed by atoms with van der Waals surface area (Å²) in [5, 5.41) is 14.2. The third kappa shape index (κ3) is 3.54. The van der Waals surface area contributed by atoms with E-state index < -0.39 is 0 Å². The lowest BCUT2D eigenvalue weighted by atomic mass is 9.87. The van der Waals surface area contributed by atoms with Gasteiger partial charge in [-0.25, -0.2) is 9.67 Å². The zero-order valence-electron chi connectivity index (χ0n) is 14.8. The Morgan fingerprint density at radius 2 is 1.88 bits per heavy atom. The van der Waals surface area contributed by atoms with Gasteiger partial charge >= 0.3 is 0 Å². The number of hydrogen-bond donors (Lipinski definition) is 1. The molecule has 0 fully saturated rings. The summed E-state index contributed by atoms with van der Waals surface area (Å²) in [5.41, 5.74) is 3.81. The smallest absolute Gasteiger partial charge is 0.165 e. The van der Waals surface area contributed by atoms with Crippen molar-refractivity contribution in [1.29, 1.82) is 0 Å². The zero-order chi connectivity index (χ0) is 17.8. The van der Waals surface area contributed by atoms with Crippen LogP contribution in [-0.2, 0) is 13.0 Å². The number of aliphatic hydroxyl groups excluding tert-OH is 1. The molecule has 0 aliphatic heterocycles. The Hall–Kier alpha value is -2.50. The van der Waals surface area contributed by atoms with E-state index in [1.165, 1.54) is 17.5 Å². The van der Waals surface area contributed by atoms with E-state index in [0.717, 1.165) is 24.4 Å². The highest BCUT2D eigenvalue weighted by Crippen LogP contribution is 2.34. The average molecular weight is 348 g/mol. The van der Waals surface area contributed by atoms with Crippen molar-refractivity contribution in [2.75, 3.05) is 13.2 Å². The molecular formula is C21H24N4O. The first-order chi connectivity index (χ1) is 12.8. The molecule has 5 heteroatoms. The lowest BCUT2D eigenvalue weighted by Gasteiger charge is -2.35. The fraction of sp³-hybridized carbons (Fsp3) is 0.333. The largest absolute Gasteiger partial charge is 0.395 e. The topological polar surface area (TPSA) is 54.2 Å². The molecule has 0 bridgehead atoms. The molecule has 1 heterocycles. The van der Waals surface area contributed by atoms with Crippen LogP contribution in [0.3, 0.4) is 0 Å². The van der Waals surface area contributed by atoms with E-state index in [0.29, 0.717) is 19.1 Å². The molecule has 0 radical (unpaired) electrons. The predicted molar refractivity (Wildman–Crippen MR) is 101 cm³/mol. The van der Waals surface area contributed by atoms with Gasteiger partial charge in [0, 0.05) is 12.6 Å². The molecule has 0 amide bonds. The summed E-state index contributed by atoms with van der Waals surface area (Å²) in [6, 6.07) is 19.0. The molecule has 0 spiro atoms. The van der Waals surface area contributed by atoms with E-state index in [4.69, 9.17) is 0 Å². The molecule has 0 saturated carbocycles. The SMILES string of the molecule is OCCN(Cc1ncn(-c2ccccc2)n1)C1CCCc2ccccc21. The third-order valence-electron chi connectivity index (χ3n) is 5.07. The number of nitrogens with zero attached hydrogens (tertiary/aromatic N) is 4. The van der Waals surface area contributed by atoms with Crippen molar-refractivity contribution in [1.82, 2.24) is 19.7 Å². The maximum Gasteiger partial charge on any atom is 0.165 e. The van der Waals surface area contributed by atoms with Crippen LogP contribution in [-0.4, -0.2) is 37.9 Å². The second-order valence-electron chi connectivity index (χ2n) is 6.74. The molecule has 3 aromatic rings. The van der Waals surface area contributed by atoms with Crippen LogP contribution in [0.5, 0.6) is 0 Å². The normalized spacial score (nSPS) is 16.6. The second kappa shape index (κ2) is 7.81. The highest BCUT2D eigenvalue weighted by Gasteiger charge is 2.26. The van der Waals surface area contributed by atoms with E-state index in [1.54, 1.807) is 11.0 Å². The van der Waals surface area contributed by atoms with Gasteiger partial charge in [-0.2, -0.15) is 0 Å². The monoisotopic (exact) mass is 348 g/mol. The Morgan fingerprint density at radius 3 is 2.73 bits per heavy atom. The first kappa shape index (κ1) is 16.9. The van der Waals surface area contributed by atoms with Gasteiger partial charge in [0.1, 0.15) is 6.33 Å². The minimum atomic E-state index is 0.137. The maximum absolute atomic E-state index is 9.59. The minimum Gasteiger partial charge on any atom is -0.395 e. The minimum absolute atomic E-state index is 0.137. The summed E-state index contributed by atoms with van der Waals surface area (Å²) in [6.45, 7) is 1.40. The van der Waals surface area contributed by atoms with Gasteiger partial charge < -0.3 is 5.11 Å². The van der Waals surface area contributed by atoms with Crippen LogP contribution in [0, 0.1) is 0 Å². The van der Waals surface area contributed by atoms with Crippen LogP contribution in [0.1, 0.15) is 35.8 Å². The summed E-state index contributed by atoms with van der Waals surface area (Å²) in [6.07, 6.45) is 5.18. The number of aryl methyl sites for hydroxylation is 1. The Morgan fingerprint density at radius 1 is 1.08 bits per heavy atom. The van der Waals surface area contributed by atoms with E-state index in [1.807, 2.05) is 30.3 Å². The van der Waals surface area contributed by atoms with Crippen molar-refractivity contribution in [3.63, 3.8) is 0 Å². The van der Waals surface area contributed by atoms with E-state index >= 15 is 0 Å². The lowest BCUT2D eigenvalue weighted by Crippen LogP contribution is -2.33. The van der Waals surface area contributed by atoms with Crippen LogP contribution in [0.2, 0.25) is 0 Å². The van der Waals surface area contributed by atoms with Crippen molar-refractivity contribution in [2.24, 2.45) is 0 Å². The first-order valence-corrected chi connectivity index (χ1v) is 9.24. The quantitative estimate of drug-likeness (QED) is 0.743. The highest BCUT2D eigenvalue weighted by atomic mass is 16.3. The Kier molecular flexibility index (Phi) is 5.09. The van der Waals surface area contributed by atoms with Gasteiger partial charge in [0.2, 0.25) is 0 Å². The molecule has 26 heavy (non-hydrogen) atoms. The second-order valence-corrected chi connectivity index (χ2v) is 6.74. The molecule has 1 atom stereocenters. The molecule has 4 rings (SSSR count). The van der Waals surface area contributed by atoms with Gasteiger partial charge in [-0.15, -0.1) is 5.10 Å². The standard InChI is InChI=1S/C21H24N4O/c26-14-13-24(20-12-6-8-17-7-4-5-11-19(17)20)15-21-22-16-25(23-21)18-9-2-1-3-10-18/h1-5,7,9-11,16,20,26H,6,8,12-15H2. The third-order valence-corrected chi connectivity index (χ3v) is 5.07. The van der Waals surface area contributed by atoms with Crippen LogP contribution >= 0.6 is 0 Å². The Balaban J connectivity index is 1.56. The molecule has 1 aliphatic carbocycles. The maximum atomic E-state index is 9.59. The number of benzene rings is 2. The van der Waals surface area contributed by atoms with Crippen molar-refractivity contribution in [3.05, 3.63) is 77.9 Å². The van der Waals surface area contributed by atoms with Gasteiger partial charge in [-0.1, -0.05) is 42.5 Å². The average Bonchev–Trinajstić information content (AvgIpc) is 3.16. The number of hydrogen-bond acceptors (Lipinski definition) is 4. The van der Waals surface area contributed by atoms with E-state index in [2.05, 4.69) is 39.2 Å². The summed E-state index contributed by atoms with van der Waals surface area (Å²) >= 11 is 0. The summed E-state index contributed by atoms with van der Waals surface area (Å²) in [7, 11) is 0. The fourth-order valence-electron chi connectivity index (χ4n) is 3.84. The number of aliphatic hydroxyl groups is 1. The molecular weight excluding hydrogens is 324 g/mol. The molecule has 1 N–H and O–H groups in total. The van der Waals surface area contributed by atoms with E-state index in [9.17, 15) is 5.11 Å². The van der Waals surface area contributed by atoms with Crippen LogP contribution in [0.15, 0.2) is 60.9 Å². The van der Waals surface area contributed by atoms with Crippen molar-refractivity contribution in [2.45, 2.75) is 31.8 Å². The number of para-hydroxylation sites is 1. The summed E-state index contributed by atoms with van der Waals surface area (Å²) in [5.74, 6) is 0.783. The van der Waals surface area contributed by atoms with Gasteiger partial charge in [0.25, 0.3) is 0 Å². The molecule has 1 aliphatic rings. The molecule has 134 valence electrons. The highest BCUT2D eigenvalue weighted by molar-refractivity contribution is 5.32. The number of rotatable bonds is 6. The van der Waals surface area contributed by atoms with Crippen molar-refractivity contribution >= 4 is 0 Å². The predicted octanol–water partition coefficient (Wildman–Crippen LogP) is 3.14. The van der Waals surface area contributed by atoms with Crippen LogP contribution in [0.4, 0.5) is 0 Å². The van der Waals surface area contributed by atoms with Crippen molar-refractivity contribution in [3.8, 4) is 5.69 Å².